The number of esters is 1. The minimum atomic E-state index is -4.27. The van der Waals surface area contributed by atoms with Crippen molar-refractivity contribution in [2.75, 3.05) is 54.1 Å². The van der Waals surface area contributed by atoms with Crippen LogP contribution in [-0.4, -0.2) is 75.6 Å². The first-order valence-corrected chi connectivity index (χ1v) is 27.8. The molecule has 0 saturated heterocycles. The molecule has 2 unspecified atom stereocenters. The Morgan fingerprint density at radius 1 is 0.450 bits per heavy atom. The van der Waals surface area contributed by atoms with Crippen molar-refractivity contribution in [3.8, 4) is 0 Å². The van der Waals surface area contributed by atoms with Gasteiger partial charge >= 0.3 is 13.8 Å². The maximum absolute atomic E-state index is 12.8. The lowest BCUT2D eigenvalue weighted by Gasteiger charge is -2.24. The van der Waals surface area contributed by atoms with E-state index in [1.165, 1.54) is 212 Å². The minimum absolute atomic E-state index is 0.0943. The quantitative estimate of drug-likeness (QED) is 0.0282. The average Bonchev–Trinajstić information content (AvgIpc) is 3.20. The molecule has 8 nitrogen and oxygen atoms in total. The number of hydrogen-bond donors (Lipinski definition) is 1. The summed E-state index contributed by atoms with van der Waals surface area (Å²) in [6, 6.07) is 0. The molecular weight excluding hydrogens is 770 g/mol. The summed E-state index contributed by atoms with van der Waals surface area (Å²) in [5.74, 6) is -0.305. The van der Waals surface area contributed by atoms with Crippen LogP contribution in [0, 0.1) is 0 Å². The van der Waals surface area contributed by atoms with Crippen LogP contribution in [-0.2, 0) is 27.9 Å². The number of rotatable bonds is 50. The summed E-state index contributed by atoms with van der Waals surface area (Å²) in [7, 11) is 1.69. The zero-order chi connectivity index (χ0) is 44.1. The predicted octanol–water partition coefficient (Wildman–Crippen LogP) is 16.0. The Hall–Kier alpha value is -0.500. The second kappa shape index (κ2) is 45.1. The van der Waals surface area contributed by atoms with Crippen LogP contribution < -0.4 is 0 Å². The first-order chi connectivity index (χ1) is 29.1. The van der Waals surface area contributed by atoms with Gasteiger partial charge in [0.05, 0.1) is 34.4 Å². The van der Waals surface area contributed by atoms with Crippen molar-refractivity contribution in [2.24, 2.45) is 0 Å². The molecule has 0 aromatic rings. The molecule has 0 aromatic heterocycles. The van der Waals surface area contributed by atoms with Gasteiger partial charge in [-0.15, -0.1) is 0 Å². The molecular formula is C51H105NO7P+. The number of nitrogens with zero attached hydrogens (tertiary/aromatic N) is 1. The molecule has 0 amide bonds. The highest BCUT2D eigenvalue weighted by Crippen LogP contribution is 2.43. The molecule has 0 saturated carbocycles. The molecule has 0 radical (unpaired) electrons. The zero-order valence-corrected chi connectivity index (χ0v) is 41.9. The number of hydrogen-bond acceptors (Lipinski definition) is 6. The van der Waals surface area contributed by atoms with E-state index in [4.69, 9.17) is 18.5 Å². The summed E-state index contributed by atoms with van der Waals surface area (Å²) in [5.41, 5.74) is 0. The van der Waals surface area contributed by atoms with Gasteiger partial charge in [-0.3, -0.25) is 13.8 Å². The Balaban J connectivity index is 4.06. The van der Waals surface area contributed by atoms with Crippen LogP contribution in [0.3, 0.4) is 0 Å². The number of quaternary nitrogens is 1. The predicted molar refractivity (Wildman–Crippen MR) is 257 cm³/mol. The Kier molecular flexibility index (Phi) is 44.7. The van der Waals surface area contributed by atoms with Crippen molar-refractivity contribution < 1.29 is 37.3 Å². The average molecular weight is 875 g/mol. The summed E-state index contributed by atoms with van der Waals surface area (Å²) in [6.07, 6.45) is 50.0. The molecule has 0 heterocycles. The fourth-order valence-electron chi connectivity index (χ4n) is 7.85. The van der Waals surface area contributed by atoms with Crippen molar-refractivity contribution in [3.63, 3.8) is 0 Å². The van der Waals surface area contributed by atoms with Crippen LogP contribution in [0.5, 0.6) is 0 Å². The Morgan fingerprint density at radius 3 is 1.10 bits per heavy atom. The number of ether oxygens (including phenoxy) is 2. The van der Waals surface area contributed by atoms with Gasteiger partial charge in [-0.1, -0.05) is 245 Å². The van der Waals surface area contributed by atoms with Gasteiger partial charge in [0.25, 0.3) is 0 Å². The van der Waals surface area contributed by atoms with E-state index in [1.54, 1.807) is 0 Å². The maximum atomic E-state index is 12.8. The molecule has 0 fully saturated rings. The monoisotopic (exact) mass is 875 g/mol. The van der Waals surface area contributed by atoms with Crippen molar-refractivity contribution in [2.45, 2.75) is 270 Å². The van der Waals surface area contributed by atoms with Crippen molar-refractivity contribution in [1.29, 1.82) is 0 Å². The van der Waals surface area contributed by atoms with Gasteiger partial charge in [-0.25, -0.2) is 4.57 Å². The van der Waals surface area contributed by atoms with Gasteiger partial charge < -0.3 is 18.9 Å². The van der Waals surface area contributed by atoms with Crippen LogP contribution in [0.25, 0.3) is 0 Å². The van der Waals surface area contributed by atoms with Gasteiger partial charge in [0.15, 0.2) is 0 Å². The van der Waals surface area contributed by atoms with Crippen LogP contribution in [0.2, 0.25) is 0 Å². The zero-order valence-electron chi connectivity index (χ0n) is 41.0. The molecule has 0 aliphatic rings. The van der Waals surface area contributed by atoms with Gasteiger partial charge in [0, 0.05) is 13.0 Å². The molecule has 0 aromatic carbocycles. The summed E-state index contributed by atoms with van der Waals surface area (Å²) in [4.78, 5) is 23.0. The molecule has 0 spiro atoms. The molecule has 60 heavy (non-hydrogen) atoms. The van der Waals surface area contributed by atoms with Gasteiger partial charge in [-0.2, -0.15) is 0 Å². The molecule has 0 rings (SSSR count). The van der Waals surface area contributed by atoms with E-state index in [0.29, 0.717) is 24.1 Å². The van der Waals surface area contributed by atoms with Crippen LogP contribution in [0.15, 0.2) is 0 Å². The first kappa shape index (κ1) is 59.5. The number of phosphoric ester groups is 1. The minimum Gasteiger partial charge on any atom is -0.457 e. The highest BCUT2D eigenvalue weighted by molar-refractivity contribution is 7.47. The number of carbonyl (C=O) groups is 1. The summed E-state index contributed by atoms with van der Waals surface area (Å²) in [6.45, 7) is 5.71. The molecule has 0 bridgehead atoms. The highest BCUT2D eigenvalue weighted by Gasteiger charge is 2.26. The van der Waals surface area contributed by atoms with Crippen LogP contribution in [0.4, 0.5) is 0 Å². The lowest BCUT2D eigenvalue weighted by Crippen LogP contribution is -2.37. The normalized spacial score (nSPS) is 13.5. The third-order valence-corrected chi connectivity index (χ3v) is 12.9. The second-order valence-electron chi connectivity index (χ2n) is 19.3. The molecule has 0 aliphatic carbocycles. The maximum Gasteiger partial charge on any atom is 0.472 e. The lowest BCUT2D eigenvalue weighted by atomic mass is 10.0. The second-order valence-corrected chi connectivity index (χ2v) is 20.7. The topological polar surface area (TPSA) is 91.3 Å². The highest BCUT2D eigenvalue weighted by atomic mass is 31.2. The number of carbonyl (C=O) groups excluding carboxylic acids is 1. The smallest absolute Gasteiger partial charge is 0.457 e. The molecule has 2 atom stereocenters. The van der Waals surface area contributed by atoms with E-state index in [-0.39, 0.29) is 25.8 Å². The van der Waals surface area contributed by atoms with E-state index in [9.17, 15) is 14.3 Å². The standard InChI is InChI=1S/C51H104NO7P/c1-6-8-10-12-14-16-18-20-22-24-25-26-27-29-31-33-35-37-39-41-43-46-56-48-50(49-58-60(54,55)57-47-45-52(3,4)5)59-51(53)44-42-40-38-36-34-32-30-28-23-21-19-17-15-13-11-9-7-2/h50H,6-49H2,1-5H3/p+1. The van der Waals surface area contributed by atoms with E-state index < -0.39 is 13.9 Å². The third kappa shape index (κ3) is 48.5. The molecule has 360 valence electrons. The summed E-state index contributed by atoms with van der Waals surface area (Å²) >= 11 is 0. The van der Waals surface area contributed by atoms with Crippen molar-refractivity contribution >= 4 is 13.8 Å². The van der Waals surface area contributed by atoms with E-state index in [2.05, 4.69) is 13.8 Å². The molecule has 9 heteroatoms. The Bertz CT molecular complexity index is 930. The van der Waals surface area contributed by atoms with Crippen molar-refractivity contribution in [1.82, 2.24) is 0 Å². The van der Waals surface area contributed by atoms with Crippen LogP contribution in [0.1, 0.15) is 264 Å². The first-order valence-electron chi connectivity index (χ1n) is 26.3. The molecule has 0 aliphatic heterocycles. The summed E-state index contributed by atoms with van der Waals surface area (Å²) < 4.78 is 35.2. The van der Waals surface area contributed by atoms with E-state index in [0.717, 1.165) is 32.1 Å². The van der Waals surface area contributed by atoms with Crippen LogP contribution >= 0.6 is 7.82 Å². The van der Waals surface area contributed by atoms with Gasteiger partial charge in [0.2, 0.25) is 0 Å². The lowest BCUT2D eigenvalue weighted by molar-refractivity contribution is -0.870. The van der Waals surface area contributed by atoms with E-state index >= 15 is 0 Å². The third-order valence-electron chi connectivity index (χ3n) is 11.9. The van der Waals surface area contributed by atoms with Gasteiger partial charge in [-0.05, 0) is 12.8 Å². The fraction of sp³-hybridized carbons (Fsp3) is 0.980. The number of phosphoric acid groups is 1. The SMILES string of the molecule is CCCCCCCCCCCCCCCCCCCCCCCOCC(COP(=O)(O)OCC[N+](C)(C)C)OC(=O)CCCCCCCCCCCCCCCCCCC. The van der Waals surface area contributed by atoms with Crippen molar-refractivity contribution in [3.05, 3.63) is 0 Å². The Morgan fingerprint density at radius 2 is 0.767 bits per heavy atom. The molecule has 1 N–H and O–H groups in total. The van der Waals surface area contributed by atoms with E-state index in [1.807, 2.05) is 21.1 Å². The number of likely N-dealkylation sites (N-methyl/N-ethyl adjacent to an activating group) is 1. The largest absolute Gasteiger partial charge is 0.472 e. The summed E-state index contributed by atoms with van der Waals surface area (Å²) in [5, 5.41) is 0. The number of unbranched alkanes of at least 4 members (excludes halogenated alkanes) is 36. The fourth-order valence-corrected chi connectivity index (χ4v) is 8.59. The van der Waals surface area contributed by atoms with Gasteiger partial charge in [0.1, 0.15) is 19.3 Å². The Labute approximate surface area is 374 Å².